The van der Waals surface area contributed by atoms with E-state index in [1.807, 2.05) is 0 Å². The number of hydrogen-bond acceptors (Lipinski definition) is 8. The number of carboxylic acids is 6. The molecule has 0 bridgehead atoms. The maximum Gasteiger partial charge on any atom is 0.336 e. The third-order valence-electron chi connectivity index (χ3n) is 2.57. The van der Waals surface area contributed by atoms with E-state index in [0.29, 0.717) is 0 Å². The van der Waals surface area contributed by atoms with Crippen molar-refractivity contribution in [1.82, 2.24) is 0 Å². The monoisotopic (exact) mass is 528 g/mol. The fourth-order valence-electron chi connectivity index (χ4n) is 1.43. The molecule has 0 fully saturated rings. The van der Waals surface area contributed by atoms with E-state index in [4.69, 9.17) is 40.9 Å². The summed E-state index contributed by atoms with van der Waals surface area (Å²) in [6, 6.07) is 0. The maximum atomic E-state index is 10.3. The number of carboxylic acid groups (broad SMARTS) is 6. The van der Waals surface area contributed by atoms with E-state index >= 15 is 0 Å². The first-order chi connectivity index (χ1) is 11.6. The zero-order valence-corrected chi connectivity index (χ0v) is 19.0. The topological polar surface area (TPSA) is 264 Å². The average Bonchev–Trinajstić information content (AvgIpc) is 2.34. The minimum Gasteiger partial charge on any atom is -0.481 e. The number of aliphatic hydroxyl groups is 2. The minimum absolute atomic E-state index is 0. The van der Waals surface area contributed by atoms with E-state index in [1.165, 1.54) is 0 Å². The molecule has 0 rings (SSSR count). The summed E-state index contributed by atoms with van der Waals surface area (Å²) in [5, 5.41) is 67.6. The van der Waals surface area contributed by atoms with Gasteiger partial charge in [0.15, 0.2) is 11.2 Å². The molecule has 0 heterocycles. The zero-order chi connectivity index (χ0) is 21.3. The van der Waals surface area contributed by atoms with Crippen molar-refractivity contribution in [2.75, 3.05) is 0 Å². The molecule has 0 unspecified atom stereocenters. The van der Waals surface area contributed by atoms with Crippen LogP contribution in [0.2, 0.25) is 0 Å². The summed E-state index contributed by atoms with van der Waals surface area (Å²) >= 11 is 0. The van der Waals surface area contributed by atoms with Gasteiger partial charge in [-0.1, -0.05) is 0 Å². The summed E-state index contributed by atoms with van der Waals surface area (Å²) in [6.45, 7) is 0. The van der Waals surface area contributed by atoms with Crippen LogP contribution in [0.5, 0.6) is 0 Å². The Bertz CT molecular complexity index is 521. The van der Waals surface area contributed by atoms with Gasteiger partial charge in [0, 0.05) is 65.2 Å². The zero-order valence-electron chi connectivity index (χ0n) is 14.4. The molecule has 0 amide bonds. The average molecular weight is 528 g/mol. The largest absolute Gasteiger partial charge is 0.481 e. The van der Waals surface area contributed by atoms with Crippen LogP contribution in [0.1, 0.15) is 25.7 Å². The Morgan fingerprint density at radius 2 is 0.586 bits per heavy atom. The summed E-state index contributed by atoms with van der Waals surface area (Å²) < 4.78 is 0. The van der Waals surface area contributed by atoms with E-state index < -0.39 is 72.7 Å². The normalized spacial score (nSPS) is 9.72. The molecular formula is C12H16O14Ti3. The molecule has 0 aliphatic rings. The fourth-order valence-corrected chi connectivity index (χ4v) is 1.43. The van der Waals surface area contributed by atoms with E-state index in [2.05, 4.69) is 0 Å². The van der Waals surface area contributed by atoms with Gasteiger partial charge in [-0.15, -0.1) is 0 Å². The van der Waals surface area contributed by atoms with Gasteiger partial charge in [0.05, 0.1) is 25.7 Å². The van der Waals surface area contributed by atoms with Crippen molar-refractivity contribution in [3.63, 3.8) is 0 Å². The molecule has 29 heavy (non-hydrogen) atoms. The Morgan fingerprint density at radius 1 is 0.448 bits per heavy atom. The number of aliphatic carboxylic acids is 6. The first kappa shape index (κ1) is 38.5. The molecule has 17 heteroatoms. The predicted octanol–water partition coefficient (Wildman–Crippen LogP) is -2.50. The van der Waals surface area contributed by atoms with Crippen molar-refractivity contribution in [1.29, 1.82) is 0 Å². The molecule has 0 aromatic rings. The van der Waals surface area contributed by atoms with Crippen LogP contribution in [0.4, 0.5) is 0 Å². The van der Waals surface area contributed by atoms with Gasteiger partial charge in [0.2, 0.25) is 0 Å². The second-order valence-electron chi connectivity index (χ2n) is 4.96. The molecule has 0 aliphatic heterocycles. The van der Waals surface area contributed by atoms with Gasteiger partial charge >= 0.3 is 35.8 Å². The second kappa shape index (κ2) is 16.7. The molecule has 0 aromatic heterocycles. The second-order valence-corrected chi connectivity index (χ2v) is 4.96. The van der Waals surface area contributed by atoms with Crippen LogP contribution >= 0.6 is 0 Å². The van der Waals surface area contributed by atoms with Gasteiger partial charge in [0.1, 0.15) is 0 Å². The molecule has 0 aromatic carbocycles. The summed E-state index contributed by atoms with van der Waals surface area (Å²) in [6.07, 6.45) is -4.58. The van der Waals surface area contributed by atoms with Crippen LogP contribution in [0.25, 0.3) is 0 Å². The maximum absolute atomic E-state index is 10.3. The van der Waals surface area contributed by atoms with Gasteiger partial charge in [0.25, 0.3) is 0 Å². The van der Waals surface area contributed by atoms with Gasteiger partial charge in [-0.2, -0.15) is 0 Å². The first-order valence-corrected chi connectivity index (χ1v) is 6.34. The fraction of sp³-hybridized carbons (Fsp3) is 0.500. The summed E-state index contributed by atoms with van der Waals surface area (Å²) in [5.74, 6) is -10.0. The van der Waals surface area contributed by atoms with Crippen molar-refractivity contribution >= 4 is 35.8 Å². The quantitative estimate of drug-likeness (QED) is 0.136. The third-order valence-corrected chi connectivity index (χ3v) is 2.57. The number of rotatable bonds is 10. The Morgan fingerprint density at radius 3 is 0.655 bits per heavy atom. The van der Waals surface area contributed by atoms with Crippen molar-refractivity contribution in [3.05, 3.63) is 0 Å². The molecule has 14 nitrogen and oxygen atoms in total. The molecular weight excluding hydrogens is 512 g/mol. The summed E-state index contributed by atoms with van der Waals surface area (Å²) in [5.41, 5.74) is -5.48. The van der Waals surface area contributed by atoms with Gasteiger partial charge in [-0.05, 0) is 0 Å². The standard InChI is InChI=1S/2C6H8O7.3Ti/c2*7-3(8)1-6(13,5(11)12)2-4(9)10;;;/h2*13H,1-2H2,(H,7,8)(H,9,10)(H,11,12);;;. The molecule has 0 saturated carbocycles. The Kier molecular flexibility index (Phi) is 22.1. The summed E-state index contributed by atoms with van der Waals surface area (Å²) in [7, 11) is 0. The van der Waals surface area contributed by atoms with Crippen LogP contribution in [0.3, 0.4) is 0 Å². The van der Waals surface area contributed by atoms with Crippen molar-refractivity contribution in [2.24, 2.45) is 0 Å². The SMILES string of the molecule is O=C(O)CC(O)(CC(=O)O)C(=O)O.O=C(O)CC(O)(CC(=O)O)C(=O)O.[Ti].[Ti].[Ti]. The van der Waals surface area contributed by atoms with Gasteiger partial charge in [-0.25, -0.2) is 9.59 Å². The van der Waals surface area contributed by atoms with Gasteiger partial charge in [-0.3, -0.25) is 19.2 Å². The first-order valence-electron chi connectivity index (χ1n) is 6.34. The molecule has 0 spiro atoms. The van der Waals surface area contributed by atoms with E-state index in [-0.39, 0.29) is 65.2 Å². The Hall–Kier alpha value is -1.12. The Labute approximate surface area is 206 Å². The van der Waals surface area contributed by atoms with Crippen molar-refractivity contribution in [3.8, 4) is 0 Å². The molecule has 0 saturated heterocycles. The molecule has 0 aliphatic carbocycles. The van der Waals surface area contributed by atoms with Crippen LogP contribution < -0.4 is 0 Å². The van der Waals surface area contributed by atoms with Crippen molar-refractivity contribution in [2.45, 2.75) is 36.9 Å². The number of hydrogen-bond donors (Lipinski definition) is 8. The summed E-state index contributed by atoms with van der Waals surface area (Å²) in [4.78, 5) is 61.0. The molecule has 160 valence electrons. The van der Waals surface area contributed by atoms with Crippen LogP contribution in [-0.2, 0) is 93.9 Å². The minimum atomic E-state index is -2.74. The molecule has 8 N–H and O–H groups in total. The van der Waals surface area contributed by atoms with Gasteiger partial charge < -0.3 is 40.9 Å². The van der Waals surface area contributed by atoms with E-state index in [1.54, 1.807) is 0 Å². The van der Waals surface area contributed by atoms with Crippen molar-refractivity contribution < 1.29 is 135 Å². The van der Waals surface area contributed by atoms with E-state index in [9.17, 15) is 28.8 Å². The molecule has 0 radical (unpaired) electrons. The molecule has 0 atom stereocenters. The number of carbonyl (C=O) groups is 6. The smallest absolute Gasteiger partial charge is 0.336 e. The predicted molar refractivity (Wildman–Crippen MR) is 74.2 cm³/mol. The van der Waals surface area contributed by atoms with E-state index in [0.717, 1.165) is 0 Å². The van der Waals surface area contributed by atoms with Crippen LogP contribution in [-0.4, -0.2) is 87.9 Å². The third kappa shape index (κ3) is 17.5. The van der Waals surface area contributed by atoms with Crippen LogP contribution in [0.15, 0.2) is 0 Å². The Balaban J connectivity index is -0.000000120. The van der Waals surface area contributed by atoms with Crippen LogP contribution in [0, 0.1) is 0 Å².